The second-order valence-corrected chi connectivity index (χ2v) is 7.16. The molecular weight excluding hydrogens is 421 g/mol. The molecule has 0 atom stereocenters. The van der Waals surface area contributed by atoms with Crippen LogP contribution in [0, 0.1) is 5.82 Å². The molecule has 6 nitrogen and oxygen atoms in total. The van der Waals surface area contributed by atoms with Crippen LogP contribution in [0.3, 0.4) is 0 Å². The molecule has 160 valence electrons. The summed E-state index contributed by atoms with van der Waals surface area (Å²) in [5.41, 5.74) is 2.55. The van der Waals surface area contributed by atoms with Gasteiger partial charge < -0.3 is 4.74 Å². The summed E-state index contributed by atoms with van der Waals surface area (Å²) in [5, 5.41) is 0.409. The molecule has 1 amide bonds. The molecule has 0 unspecified atom stereocenters. The first-order valence-corrected chi connectivity index (χ1v) is 10.1. The fourth-order valence-corrected chi connectivity index (χ4v) is 3.05. The number of rotatable bonds is 7. The van der Waals surface area contributed by atoms with E-state index in [2.05, 4.69) is 9.97 Å². The smallest absolute Gasteiger partial charge is 0.414 e. The van der Waals surface area contributed by atoms with Gasteiger partial charge in [0.25, 0.3) is 0 Å². The summed E-state index contributed by atoms with van der Waals surface area (Å²) < 4.78 is 19.4. The molecule has 0 saturated heterocycles. The van der Waals surface area contributed by atoms with Crippen LogP contribution in [0.2, 0.25) is 5.15 Å². The number of halogens is 2. The maximum Gasteiger partial charge on any atom is 0.414 e. The van der Waals surface area contributed by atoms with Crippen LogP contribution in [0.15, 0.2) is 54.9 Å². The molecule has 31 heavy (non-hydrogen) atoms. The van der Waals surface area contributed by atoms with Crippen LogP contribution in [0.4, 0.5) is 14.9 Å². The van der Waals surface area contributed by atoms with Crippen LogP contribution in [0.5, 0.6) is 0 Å². The molecule has 2 aromatic heterocycles. The molecule has 3 rings (SSSR count). The first kappa shape index (κ1) is 22.4. The molecule has 0 saturated carbocycles. The van der Waals surface area contributed by atoms with E-state index in [4.69, 9.17) is 16.3 Å². The quantitative estimate of drug-likeness (QED) is 0.365. The monoisotopic (exact) mass is 441 g/mol. The van der Waals surface area contributed by atoms with Gasteiger partial charge in [-0.2, -0.15) is 0 Å². The minimum Gasteiger partial charge on any atom is -0.449 e. The number of carbonyl (C=O) groups excluding carboxylic acids is 2. The predicted octanol–water partition coefficient (Wildman–Crippen LogP) is 5.34. The van der Waals surface area contributed by atoms with Gasteiger partial charge in [0.05, 0.1) is 18.0 Å². The molecule has 0 spiro atoms. The van der Waals surface area contributed by atoms with Gasteiger partial charge in [0.2, 0.25) is 0 Å². The number of pyridine rings is 2. The second kappa shape index (κ2) is 10.1. The average Bonchev–Trinajstić information content (AvgIpc) is 2.78. The number of aromatic nitrogens is 2. The van der Waals surface area contributed by atoms with Crippen LogP contribution >= 0.6 is 11.6 Å². The maximum absolute atomic E-state index is 14.5. The topological polar surface area (TPSA) is 72.4 Å². The number of benzene rings is 1. The van der Waals surface area contributed by atoms with E-state index in [-0.39, 0.29) is 18.1 Å². The molecular formula is C23H21ClFN3O3. The lowest BCUT2D eigenvalue weighted by Crippen LogP contribution is -2.27. The molecule has 8 heteroatoms. The molecule has 1 aromatic carbocycles. The summed E-state index contributed by atoms with van der Waals surface area (Å²) in [4.78, 5) is 33.6. The summed E-state index contributed by atoms with van der Waals surface area (Å²) in [5.74, 6) is -0.627. The number of ketones is 1. The molecule has 2 heterocycles. The minimum absolute atomic E-state index is 0.0495. The van der Waals surface area contributed by atoms with Crippen molar-refractivity contribution in [1.82, 2.24) is 9.97 Å². The number of hydrogen-bond acceptors (Lipinski definition) is 5. The molecule has 0 aliphatic rings. The zero-order valence-corrected chi connectivity index (χ0v) is 17.9. The Balaban J connectivity index is 1.67. The second-order valence-electron chi connectivity index (χ2n) is 6.77. The Labute approximate surface area is 184 Å². The molecule has 0 aliphatic heterocycles. The van der Waals surface area contributed by atoms with E-state index in [0.717, 1.165) is 10.5 Å². The highest BCUT2D eigenvalue weighted by molar-refractivity contribution is 6.29. The van der Waals surface area contributed by atoms with E-state index in [0.29, 0.717) is 34.8 Å². The van der Waals surface area contributed by atoms with Gasteiger partial charge in [-0.15, -0.1) is 0 Å². The zero-order chi connectivity index (χ0) is 22.4. The number of anilines is 1. The lowest BCUT2D eigenvalue weighted by Gasteiger charge is -2.17. The highest BCUT2D eigenvalue weighted by Crippen LogP contribution is 2.25. The zero-order valence-electron chi connectivity index (χ0n) is 17.1. The summed E-state index contributed by atoms with van der Waals surface area (Å²) in [6.45, 7) is 1.88. The summed E-state index contributed by atoms with van der Waals surface area (Å²) in [6, 6.07) is 11.3. The Morgan fingerprint density at radius 1 is 1.10 bits per heavy atom. The fourth-order valence-electron chi connectivity index (χ4n) is 2.94. The number of hydrogen-bond donors (Lipinski definition) is 0. The molecule has 0 aliphatic carbocycles. The van der Waals surface area contributed by atoms with Crippen molar-refractivity contribution in [2.24, 2.45) is 0 Å². The fraction of sp³-hybridized carbons (Fsp3) is 0.217. The highest BCUT2D eigenvalue weighted by Gasteiger charge is 2.17. The number of ether oxygens (including phenoxy) is 1. The van der Waals surface area contributed by atoms with Gasteiger partial charge in [0, 0.05) is 37.0 Å². The molecule has 0 bridgehead atoms. The van der Waals surface area contributed by atoms with Gasteiger partial charge in [-0.1, -0.05) is 23.7 Å². The summed E-state index contributed by atoms with van der Waals surface area (Å²) >= 11 is 5.76. The van der Waals surface area contributed by atoms with Crippen LogP contribution in [0.25, 0.3) is 11.3 Å². The SMILES string of the molecule is CCOC(=O)N(C)c1ccc(-c2ccc(C(=O)CCc3ccc(Cl)nc3)cn2)cc1F. The number of nitrogens with zero attached hydrogens (tertiary/aromatic N) is 3. The summed E-state index contributed by atoms with van der Waals surface area (Å²) in [6.07, 6.45) is 3.35. The van der Waals surface area contributed by atoms with E-state index >= 15 is 0 Å². The third-order valence-corrected chi connectivity index (χ3v) is 4.88. The predicted molar refractivity (Wildman–Crippen MR) is 117 cm³/mol. The van der Waals surface area contributed by atoms with Gasteiger partial charge in [0.1, 0.15) is 11.0 Å². The van der Waals surface area contributed by atoms with Crippen LogP contribution in [-0.2, 0) is 11.2 Å². The van der Waals surface area contributed by atoms with Gasteiger partial charge in [-0.25, -0.2) is 14.2 Å². The Kier molecular flexibility index (Phi) is 7.31. The number of aryl methyl sites for hydroxylation is 1. The number of carbonyl (C=O) groups is 2. The van der Waals surface area contributed by atoms with Crippen molar-refractivity contribution in [1.29, 1.82) is 0 Å². The van der Waals surface area contributed by atoms with E-state index in [1.807, 2.05) is 6.07 Å². The first-order chi connectivity index (χ1) is 14.9. The Morgan fingerprint density at radius 2 is 1.90 bits per heavy atom. The Morgan fingerprint density at radius 3 is 2.52 bits per heavy atom. The lowest BCUT2D eigenvalue weighted by molar-refractivity contribution is 0.0982. The van der Waals surface area contributed by atoms with Gasteiger partial charge in [-0.3, -0.25) is 14.7 Å². The van der Waals surface area contributed by atoms with Crippen LogP contribution < -0.4 is 4.90 Å². The normalized spacial score (nSPS) is 10.6. The highest BCUT2D eigenvalue weighted by atomic mass is 35.5. The summed E-state index contributed by atoms with van der Waals surface area (Å²) in [7, 11) is 1.44. The van der Waals surface area contributed by atoms with Crippen molar-refractivity contribution in [3.63, 3.8) is 0 Å². The van der Waals surface area contributed by atoms with Crippen molar-refractivity contribution in [3.05, 3.63) is 77.0 Å². The first-order valence-electron chi connectivity index (χ1n) is 9.69. The molecule has 0 radical (unpaired) electrons. The average molecular weight is 442 g/mol. The van der Waals surface area contributed by atoms with Crippen molar-refractivity contribution >= 4 is 29.2 Å². The lowest BCUT2D eigenvalue weighted by atomic mass is 10.0. The largest absolute Gasteiger partial charge is 0.449 e. The Bertz CT molecular complexity index is 1070. The molecule has 0 N–H and O–H groups in total. The van der Waals surface area contributed by atoms with Gasteiger partial charge >= 0.3 is 6.09 Å². The van der Waals surface area contributed by atoms with Crippen molar-refractivity contribution in [2.45, 2.75) is 19.8 Å². The van der Waals surface area contributed by atoms with Crippen LogP contribution in [0.1, 0.15) is 29.3 Å². The molecule has 3 aromatic rings. The molecule has 0 fully saturated rings. The van der Waals surface area contributed by atoms with E-state index in [1.165, 1.54) is 25.4 Å². The minimum atomic E-state index is -0.635. The van der Waals surface area contributed by atoms with Crippen LogP contribution in [-0.4, -0.2) is 35.5 Å². The van der Waals surface area contributed by atoms with Crippen molar-refractivity contribution in [2.75, 3.05) is 18.6 Å². The standard InChI is InChI=1S/C23H21ClFN3O3/c1-3-31-23(30)28(2)20-9-7-16(12-18(20)25)19-8-6-17(14-26-19)21(29)10-4-15-5-11-22(24)27-13-15/h5-9,11-14H,3-4,10H2,1-2H3. The van der Waals surface area contributed by atoms with Gasteiger partial charge in [-0.05, 0) is 49.2 Å². The number of Topliss-reactive ketones (excluding diaryl/α,β-unsaturated/α-hetero) is 1. The van der Waals surface area contributed by atoms with Gasteiger partial charge in [0.15, 0.2) is 5.78 Å². The third kappa shape index (κ3) is 5.64. The van der Waals surface area contributed by atoms with E-state index in [1.54, 1.807) is 37.4 Å². The Hall–Kier alpha value is -3.32. The maximum atomic E-state index is 14.5. The van der Waals surface area contributed by atoms with Crippen molar-refractivity contribution < 1.29 is 18.7 Å². The van der Waals surface area contributed by atoms with E-state index in [9.17, 15) is 14.0 Å². The number of amides is 1. The van der Waals surface area contributed by atoms with Crippen molar-refractivity contribution in [3.8, 4) is 11.3 Å². The third-order valence-electron chi connectivity index (χ3n) is 4.66. The van der Waals surface area contributed by atoms with E-state index < -0.39 is 11.9 Å².